The normalized spacial score (nSPS) is 12.5. The van der Waals surface area contributed by atoms with E-state index in [2.05, 4.69) is 11.8 Å². The lowest BCUT2D eigenvalue weighted by Crippen LogP contribution is -2.51. The van der Waals surface area contributed by atoms with Crippen LogP contribution in [0.1, 0.15) is 37.5 Å². The Morgan fingerprint density at radius 3 is 2.03 bits per heavy atom. The van der Waals surface area contributed by atoms with Crippen molar-refractivity contribution in [3.8, 4) is 11.8 Å². The van der Waals surface area contributed by atoms with E-state index in [1.54, 1.807) is 20.8 Å². The Bertz CT molecular complexity index is 1120. The average Bonchev–Trinajstić information content (AvgIpc) is 2.77. The van der Waals surface area contributed by atoms with Crippen LogP contribution < -0.4 is 5.48 Å². The summed E-state index contributed by atoms with van der Waals surface area (Å²) < 4.78 is 32.6. The minimum atomic E-state index is -4.30. The van der Waals surface area contributed by atoms with Crippen molar-refractivity contribution in [1.29, 1.82) is 0 Å². The van der Waals surface area contributed by atoms with Gasteiger partial charge in [0.15, 0.2) is 6.04 Å². The first-order valence-corrected chi connectivity index (χ1v) is 11.6. The third-order valence-electron chi connectivity index (χ3n) is 4.47. The number of aryl methyl sites for hydroxylation is 1. The van der Waals surface area contributed by atoms with Crippen LogP contribution in [0.15, 0.2) is 53.4 Å². The third kappa shape index (κ3) is 7.51. The van der Waals surface area contributed by atoms with Gasteiger partial charge in [-0.05, 0) is 64.1 Å². The van der Waals surface area contributed by atoms with E-state index in [-0.39, 0.29) is 18.0 Å². The Kier molecular flexibility index (Phi) is 8.91. The Hall–Kier alpha value is -3.03. The largest absolute Gasteiger partial charge is 0.374 e. The molecule has 0 spiro atoms. The van der Waals surface area contributed by atoms with E-state index in [0.717, 1.165) is 11.1 Å². The molecule has 33 heavy (non-hydrogen) atoms. The zero-order valence-corrected chi connectivity index (χ0v) is 19.8. The predicted molar refractivity (Wildman–Crippen MR) is 123 cm³/mol. The van der Waals surface area contributed by atoms with E-state index in [0.29, 0.717) is 9.87 Å². The Morgan fingerprint density at radius 2 is 1.58 bits per heavy atom. The SMILES string of the molecule is Cc1ccc(C#Cc2ccc(S(=O)(=O)N(CCOC(C)(C)C)[C@@H]([C]=O)C(=O)NO)cc2)cc1. The number of amides is 1. The molecule has 0 saturated heterocycles. The number of hydroxylamine groups is 1. The van der Waals surface area contributed by atoms with Gasteiger partial charge in [-0.25, -0.2) is 13.9 Å². The highest BCUT2D eigenvalue weighted by atomic mass is 32.2. The summed E-state index contributed by atoms with van der Waals surface area (Å²) in [6, 6.07) is 11.5. The van der Waals surface area contributed by atoms with E-state index >= 15 is 0 Å². The minimum Gasteiger partial charge on any atom is -0.374 e. The molecule has 1 amide bonds. The molecular weight excluding hydrogens is 444 g/mol. The zero-order chi connectivity index (χ0) is 24.6. The van der Waals surface area contributed by atoms with Gasteiger partial charge in [0.25, 0.3) is 5.91 Å². The van der Waals surface area contributed by atoms with Crippen LogP contribution in [0, 0.1) is 18.8 Å². The molecule has 0 unspecified atom stereocenters. The molecule has 1 atom stereocenters. The maximum Gasteiger partial charge on any atom is 0.269 e. The summed E-state index contributed by atoms with van der Waals surface area (Å²) in [6.45, 7) is 6.94. The highest BCUT2D eigenvalue weighted by Gasteiger charge is 2.36. The number of benzene rings is 2. The summed E-state index contributed by atoms with van der Waals surface area (Å²) in [4.78, 5) is 23.2. The Morgan fingerprint density at radius 1 is 1.06 bits per heavy atom. The second kappa shape index (κ2) is 11.2. The molecule has 0 aromatic heterocycles. The molecule has 2 N–H and O–H groups in total. The van der Waals surface area contributed by atoms with E-state index in [1.807, 2.05) is 31.2 Å². The molecule has 0 aliphatic heterocycles. The lowest BCUT2D eigenvalue weighted by atomic mass is 10.1. The van der Waals surface area contributed by atoms with Gasteiger partial charge >= 0.3 is 0 Å². The fraction of sp³-hybridized carbons (Fsp3) is 0.333. The lowest BCUT2D eigenvalue weighted by molar-refractivity contribution is -0.131. The van der Waals surface area contributed by atoms with Crippen LogP contribution >= 0.6 is 0 Å². The van der Waals surface area contributed by atoms with Crippen molar-refractivity contribution in [2.24, 2.45) is 0 Å². The first kappa shape index (κ1) is 26.2. The number of hydrogen-bond donors (Lipinski definition) is 2. The highest BCUT2D eigenvalue weighted by molar-refractivity contribution is 7.89. The summed E-state index contributed by atoms with van der Waals surface area (Å²) in [5.41, 5.74) is 3.27. The number of rotatable bonds is 8. The highest BCUT2D eigenvalue weighted by Crippen LogP contribution is 2.19. The quantitative estimate of drug-likeness (QED) is 0.264. The molecule has 0 aliphatic carbocycles. The van der Waals surface area contributed by atoms with Crippen molar-refractivity contribution in [2.75, 3.05) is 13.2 Å². The number of hydrogen-bond acceptors (Lipinski definition) is 6. The van der Waals surface area contributed by atoms with E-state index in [4.69, 9.17) is 9.94 Å². The van der Waals surface area contributed by atoms with Gasteiger partial charge in [-0.3, -0.25) is 14.8 Å². The summed E-state index contributed by atoms with van der Waals surface area (Å²) in [5, 5.41) is 8.93. The van der Waals surface area contributed by atoms with Gasteiger partial charge in [-0.15, -0.1) is 0 Å². The second-order valence-electron chi connectivity index (χ2n) is 8.21. The van der Waals surface area contributed by atoms with Crippen LogP contribution in [0.5, 0.6) is 0 Å². The monoisotopic (exact) mass is 471 g/mol. The van der Waals surface area contributed by atoms with Crippen molar-refractivity contribution in [1.82, 2.24) is 9.79 Å². The summed E-state index contributed by atoms with van der Waals surface area (Å²) in [6.07, 6.45) is 1.38. The minimum absolute atomic E-state index is 0.0836. The van der Waals surface area contributed by atoms with E-state index in [1.165, 1.54) is 36.0 Å². The molecule has 2 aromatic rings. The van der Waals surface area contributed by atoms with Crippen LogP contribution in [0.2, 0.25) is 0 Å². The van der Waals surface area contributed by atoms with Gasteiger partial charge in [-0.1, -0.05) is 29.5 Å². The van der Waals surface area contributed by atoms with Crippen molar-refractivity contribution < 1.29 is 28.0 Å². The van der Waals surface area contributed by atoms with E-state index < -0.39 is 27.6 Å². The first-order chi connectivity index (χ1) is 15.5. The molecule has 1 radical (unpaired) electrons. The van der Waals surface area contributed by atoms with Crippen LogP contribution in [-0.2, 0) is 24.3 Å². The van der Waals surface area contributed by atoms with Crippen molar-refractivity contribution in [2.45, 2.75) is 44.2 Å². The molecule has 2 rings (SSSR count). The van der Waals surface area contributed by atoms with Crippen molar-refractivity contribution >= 4 is 22.2 Å². The summed E-state index contributed by atoms with van der Waals surface area (Å²) >= 11 is 0. The maximum atomic E-state index is 13.2. The Balaban J connectivity index is 2.31. The van der Waals surface area contributed by atoms with Crippen molar-refractivity contribution in [3.05, 3.63) is 65.2 Å². The molecular formula is C24H27N2O6S. The third-order valence-corrected chi connectivity index (χ3v) is 6.35. The average molecular weight is 472 g/mol. The number of carbonyl (C=O) groups excluding carboxylic acids is 2. The zero-order valence-electron chi connectivity index (χ0n) is 19.0. The van der Waals surface area contributed by atoms with Crippen LogP contribution in [0.3, 0.4) is 0 Å². The van der Waals surface area contributed by atoms with Crippen LogP contribution in [0.4, 0.5) is 0 Å². The summed E-state index contributed by atoms with van der Waals surface area (Å²) in [7, 11) is -4.30. The lowest BCUT2D eigenvalue weighted by Gasteiger charge is -2.27. The number of sulfonamides is 1. The fourth-order valence-corrected chi connectivity index (χ4v) is 4.24. The number of ether oxygens (including phenoxy) is 1. The predicted octanol–water partition coefficient (Wildman–Crippen LogP) is 2.18. The molecule has 8 nitrogen and oxygen atoms in total. The molecule has 0 fully saturated rings. The van der Waals surface area contributed by atoms with Crippen LogP contribution in [-0.4, -0.2) is 54.9 Å². The van der Waals surface area contributed by atoms with Gasteiger partial charge in [0.1, 0.15) is 0 Å². The van der Waals surface area contributed by atoms with Gasteiger partial charge < -0.3 is 4.74 Å². The molecule has 0 saturated carbocycles. The molecule has 0 bridgehead atoms. The van der Waals surface area contributed by atoms with Crippen molar-refractivity contribution in [3.63, 3.8) is 0 Å². The smallest absolute Gasteiger partial charge is 0.269 e. The molecule has 175 valence electrons. The molecule has 0 aliphatic rings. The second-order valence-corrected chi connectivity index (χ2v) is 10.1. The first-order valence-electron chi connectivity index (χ1n) is 10.1. The number of nitrogens with one attached hydrogen (secondary N) is 1. The number of carbonyl (C=O) groups is 1. The molecule has 2 aromatic carbocycles. The molecule has 0 heterocycles. The summed E-state index contributed by atoms with van der Waals surface area (Å²) in [5.74, 6) is 4.75. The van der Waals surface area contributed by atoms with E-state index in [9.17, 15) is 18.0 Å². The molecule has 9 heteroatoms. The Labute approximate surface area is 194 Å². The fourth-order valence-electron chi connectivity index (χ4n) is 2.76. The van der Waals surface area contributed by atoms with Crippen LogP contribution in [0.25, 0.3) is 0 Å². The maximum absolute atomic E-state index is 13.2. The standard InChI is InChI=1S/C24H27N2O6S/c1-18-5-7-19(8-6-18)9-10-20-11-13-21(14-12-20)33(30,31)26(15-16-32-24(2,3)4)22(17-27)23(28)25-29/h5-8,11-14,22,29H,15-16H2,1-4H3,(H,25,28)/t22-/m0/s1. The van der Waals surface area contributed by atoms with Gasteiger partial charge in [0, 0.05) is 17.7 Å². The topological polar surface area (TPSA) is 113 Å². The van der Waals surface area contributed by atoms with Gasteiger partial charge in [0.05, 0.1) is 17.1 Å². The number of nitrogens with zero attached hydrogens (tertiary/aromatic N) is 1. The van der Waals surface area contributed by atoms with Gasteiger partial charge in [-0.2, -0.15) is 4.31 Å². The van der Waals surface area contributed by atoms with Gasteiger partial charge in [0.2, 0.25) is 16.3 Å².